The van der Waals surface area contributed by atoms with E-state index < -0.39 is 11.7 Å². The first kappa shape index (κ1) is 12.8. The molecule has 0 radical (unpaired) electrons. The van der Waals surface area contributed by atoms with E-state index >= 15 is 0 Å². The van der Waals surface area contributed by atoms with Gasteiger partial charge in [0.2, 0.25) is 0 Å². The van der Waals surface area contributed by atoms with Gasteiger partial charge in [-0.15, -0.1) is 0 Å². The number of nitrogens with zero attached hydrogens (tertiary/aromatic N) is 1. The van der Waals surface area contributed by atoms with Gasteiger partial charge in [-0.2, -0.15) is 18.4 Å². The van der Waals surface area contributed by atoms with Crippen molar-refractivity contribution in [3.8, 4) is 6.07 Å². The fourth-order valence-electron chi connectivity index (χ4n) is 1.08. The number of alkyl halides is 3. The third-order valence-electron chi connectivity index (χ3n) is 1.83. The average molecular weight is 290 g/mol. The molecule has 1 aromatic rings. The van der Waals surface area contributed by atoms with Gasteiger partial charge in [-0.25, -0.2) is 0 Å². The first-order valence-corrected chi connectivity index (χ1v) is 5.14. The summed E-state index contributed by atoms with van der Waals surface area (Å²) < 4.78 is 37.3. The SMILES string of the molecule is N#CCC=Cc1ccc(C(F)(F)F)cc1Br. The number of hydrogen-bond donors (Lipinski definition) is 0. The molecule has 0 unspecified atom stereocenters. The number of halogens is 4. The first-order chi connectivity index (χ1) is 7.45. The molecule has 0 heterocycles. The minimum atomic E-state index is -4.34. The van der Waals surface area contributed by atoms with Gasteiger partial charge in [0.15, 0.2) is 0 Å². The summed E-state index contributed by atoms with van der Waals surface area (Å²) in [5.41, 5.74) is -0.0833. The fourth-order valence-corrected chi connectivity index (χ4v) is 1.59. The monoisotopic (exact) mass is 289 g/mol. The van der Waals surface area contributed by atoms with Crippen LogP contribution in [0.2, 0.25) is 0 Å². The number of nitriles is 1. The zero-order valence-corrected chi connectivity index (χ0v) is 9.64. The zero-order chi connectivity index (χ0) is 12.2. The topological polar surface area (TPSA) is 23.8 Å². The highest BCUT2D eigenvalue weighted by Gasteiger charge is 2.30. The van der Waals surface area contributed by atoms with Crippen molar-refractivity contribution < 1.29 is 13.2 Å². The molecule has 1 aromatic carbocycles. The Morgan fingerprint density at radius 3 is 2.56 bits per heavy atom. The molecular weight excluding hydrogens is 283 g/mol. The number of allylic oxidation sites excluding steroid dienone is 1. The lowest BCUT2D eigenvalue weighted by atomic mass is 10.1. The highest BCUT2D eigenvalue weighted by atomic mass is 79.9. The van der Waals surface area contributed by atoms with Crippen LogP contribution >= 0.6 is 15.9 Å². The molecule has 0 aliphatic carbocycles. The van der Waals surface area contributed by atoms with Crippen LogP contribution in [0.4, 0.5) is 13.2 Å². The highest BCUT2D eigenvalue weighted by Crippen LogP contribution is 2.32. The maximum absolute atomic E-state index is 12.3. The molecule has 0 amide bonds. The third-order valence-corrected chi connectivity index (χ3v) is 2.52. The van der Waals surface area contributed by atoms with Gasteiger partial charge in [0.25, 0.3) is 0 Å². The molecule has 0 aliphatic heterocycles. The van der Waals surface area contributed by atoms with Crippen LogP contribution in [-0.4, -0.2) is 0 Å². The van der Waals surface area contributed by atoms with E-state index in [0.717, 1.165) is 12.1 Å². The Balaban J connectivity index is 2.97. The van der Waals surface area contributed by atoms with Crippen molar-refractivity contribution in [3.63, 3.8) is 0 Å². The molecule has 84 valence electrons. The second-order valence-corrected chi connectivity index (χ2v) is 3.85. The third kappa shape index (κ3) is 3.38. The van der Waals surface area contributed by atoms with Crippen LogP contribution in [0, 0.1) is 11.3 Å². The van der Waals surface area contributed by atoms with Crippen molar-refractivity contribution in [2.45, 2.75) is 12.6 Å². The Morgan fingerprint density at radius 2 is 2.06 bits per heavy atom. The molecule has 16 heavy (non-hydrogen) atoms. The first-order valence-electron chi connectivity index (χ1n) is 4.35. The molecule has 0 aliphatic rings. The molecule has 0 fully saturated rings. The van der Waals surface area contributed by atoms with Crippen LogP contribution in [0.1, 0.15) is 17.5 Å². The zero-order valence-electron chi connectivity index (χ0n) is 8.05. The largest absolute Gasteiger partial charge is 0.416 e. The molecule has 0 spiro atoms. The van der Waals surface area contributed by atoms with Gasteiger partial charge in [-0.3, -0.25) is 0 Å². The van der Waals surface area contributed by atoms with Crippen molar-refractivity contribution in [2.24, 2.45) is 0 Å². The lowest BCUT2D eigenvalue weighted by molar-refractivity contribution is -0.137. The molecule has 5 heteroatoms. The van der Waals surface area contributed by atoms with Crippen LogP contribution in [-0.2, 0) is 6.18 Å². The Morgan fingerprint density at radius 1 is 1.38 bits per heavy atom. The highest BCUT2D eigenvalue weighted by molar-refractivity contribution is 9.10. The quantitative estimate of drug-likeness (QED) is 0.792. The molecule has 0 atom stereocenters. The average Bonchev–Trinajstić information content (AvgIpc) is 2.19. The van der Waals surface area contributed by atoms with Crippen LogP contribution < -0.4 is 0 Å². The maximum Gasteiger partial charge on any atom is 0.416 e. The lowest BCUT2D eigenvalue weighted by Gasteiger charge is -2.07. The van der Waals surface area contributed by atoms with Gasteiger partial charge < -0.3 is 0 Å². The molecule has 0 aromatic heterocycles. The minimum absolute atomic E-state index is 0.230. The Labute approximate surface area is 99.3 Å². The van der Waals surface area contributed by atoms with Gasteiger partial charge in [0.05, 0.1) is 18.1 Å². The fraction of sp³-hybridized carbons (Fsp3) is 0.182. The Hall–Kier alpha value is -1.28. The molecule has 1 rings (SSSR count). The van der Waals surface area contributed by atoms with Crippen molar-refractivity contribution in [1.29, 1.82) is 5.26 Å². The summed E-state index contributed by atoms with van der Waals surface area (Å²) in [4.78, 5) is 0. The summed E-state index contributed by atoms with van der Waals surface area (Å²) >= 11 is 3.06. The normalized spacial score (nSPS) is 11.7. The number of rotatable bonds is 2. The van der Waals surface area contributed by atoms with E-state index in [1.807, 2.05) is 6.07 Å². The summed E-state index contributed by atoms with van der Waals surface area (Å²) in [5, 5.41) is 8.30. The standard InChI is InChI=1S/C11H7BrF3N/c12-10-7-9(11(13,14)15)5-4-8(10)3-1-2-6-16/h1,3-5,7H,2H2. The van der Waals surface area contributed by atoms with Crippen LogP contribution in [0.25, 0.3) is 6.08 Å². The van der Waals surface area contributed by atoms with Crippen LogP contribution in [0.15, 0.2) is 28.7 Å². The van der Waals surface area contributed by atoms with E-state index in [1.165, 1.54) is 6.07 Å². The van der Waals surface area contributed by atoms with Crippen LogP contribution in [0.5, 0.6) is 0 Å². The van der Waals surface area contributed by atoms with Gasteiger partial charge in [-0.1, -0.05) is 34.1 Å². The van der Waals surface area contributed by atoms with Crippen molar-refractivity contribution >= 4 is 22.0 Å². The second kappa shape index (κ2) is 5.17. The van der Waals surface area contributed by atoms with Gasteiger partial charge in [0, 0.05) is 4.47 Å². The Bertz CT molecular complexity index is 444. The van der Waals surface area contributed by atoms with E-state index in [-0.39, 0.29) is 6.42 Å². The molecule has 1 nitrogen and oxygen atoms in total. The molecule has 0 bridgehead atoms. The predicted molar refractivity (Wildman–Crippen MR) is 58.4 cm³/mol. The van der Waals surface area contributed by atoms with Gasteiger partial charge in [0.1, 0.15) is 0 Å². The van der Waals surface area contributed by atoms with E-state index in [0.29, 0.717) is 10.0 Å². The smallest absolute Gasteiger partial charge is 0.198 e. The molecule has 0 saturated heterocycles. The van der Waals surface area contributed by atoms with E-state index in [9.17, 15) is 13.2 Å². The van der Waals surface area contributed by atoms with Gasteiger partial charge >= 0.3 is 6.18 Å². The summed E-state index contributed by atoms with van der Waals surface area (Å²) in [6.07, 6.45) is -0.911. The van der Waals surface area contributed by atoms with Gasteiger partial charge in [-0.05, 0) is 17.7 Å². The molecular formula is C11H7BrF3N. The number of benzene rings is 1. The Kier molecular flexibility index (Phi) is 4.13. The minimum Gasteiger partial charge on any atom is -0.198 e. The summed E-state index contributed by atoms with van der Waals surface area (Å²) in [5.74, 6) is 0. The summed E-state index contributed by atoms with van der Waals surface area (Å²) in [6.45, 7) is 0. The molecule has 0 N–H and O–H groups in total. The summed E-state index contributed by atoms with van der Waals surface area (Å²) in [6, 6.07) is 5.30. The van der Waals surface area contributed by atoms with Crippen molar-refractivity contribution in [3.05, 3.63) is 39.9 Å². The molecule has 0 saturated carbocycles. The van der Waals surface area contributed by atoms with E-state index in [2.05, 4.69) is 15.9 Å². The van der Waals surface area contributed by atoms with E-state index in [1.54, 1.807) is 12.2 Å². The van der Waals surface area contributed by atoms with E-state index in [4.69, 9.17) is 5.26 Å². The predicted octanol–water partition coefficient (Wildman–Crippen LogP) is 4.39. The summed E-state index contributed by atoms with van der Waals surface area (Å²) in [7, 11) is 0. The van der Waals surface area contributed by atoms with Crippen LogP contribution in [0.3, 0.4) is 0 Å². The van der Waals surface area contributed by atoms with Crippen molar-refractivity contribution in [1.82, 2.24) is 0 Å². The second-order valence-electron chi connectivity index (χ2n) is 3.00. The van der Waals surface area contributed by atoms with Crippen molar-refractivity contribution in [2.75, 3.05) is 0 Å². The lowest BCUT2D eigenvalue weighted by Crippen LogP contribution is -2.04. The maximum atomic E-state index is 12.3. The number of hydrogen-bond acceptors (Lipinski definition) is 1.